The number of esters is 1. The third-order valence-corrected chi connectivity index (χ3v) is 3.11. The van der Waals surface area contributed by atoms with E-state index >= 15 is 0 Å². The van der Waals surface area contributed by atoms with E-state index in [2.05, 4.69) is 9.97 Å². The fourth-order valence-electron chi connectivity index (χ4n) is 1.25. The Kier molecular flexibility index (Phi) is 3.81. The highest BCUT2D eigenvalue weighted by Crippen LogP contribution is 2.23. The number of ether oxygens (including phenoxy) is 1. The molecule has 8 heteroatoms. The minimum atomic E-state index is -0.610. The van der Waals surface area contributed by atoms with Crippen LogP contribution >= 0.6 is 11.3 Å². The van der Waals surface area contributed by atoms with Crippen LogP contribution in [0.15, 0.2) is 23.8 Å². The van der Waals surface area contributed by atoms with Gasteiger partial charge in [-0.3, -0.25) is 15.1 Å². The number of nitro groups is 1. The molecule has 19 heavy (non-hydrogen) atoms. The summed E-state index contributed by atoms with van der Waals surface area (Å²) in [5.41, 5.74) is 1.38. The van der Waals surface area contributed by atoms with Crippen LogP contribution in [0.1, 0.15) is 21.7 Å². The summed E-state index contributed by atoms with van der Waals surface area (Å²) in [4.78, 5) is 29.4. The van der Waals surface area contributed by atoms with Gasteiger partial charge in [-0.2, -0.15) is 0 Å². The normalized spacial score (nSPS) is 10.2. The fraction of sp³-hybridized carbons (Fsp3) is 0.182. The molecule has 0 N–H and O–H groups in total. The number of thiophene rings is 1. The van der Waals surface area contributed by atoms with Crippen LogP contribution in [0.5, 0.6) is 0 Å². The first-order valence-electron chi connectivity index (χ1n) is 5.24. The smallest absolute Gasteiger partial charge is 0.358 e. The van der Waals surface area contributed by atoms with Gasteiger partial charge in [0, 0.05) is 23.2 Å². The van der Waals surface area contributed by atoms with Crippen LogP contribution < -0.4 is 0 Å². The highest BCUT2D eigenvalue weighted by Gasteiger charge is 2.13. The lowest BCUT2D eigenvalue weighted by Gasteiger charge is -2.02. The summed E-state index contributed by atoms with van der Waals surface area (Å²) in [6, 6.07) is 1.37. The van der Waals surface area contributed by atoms with Crippen LogP contribution in [-0.4, -0.2) is 20.9 Å². The average Bonchev–Trinajstić information content (AvgIpc) is 2.86. The van der Waals surface area contributed by atoms with Crippen molar-refractivity contribution in [3.63, 3.8) is 0 Å². The number of rotatable bonds is 4. The molecule has 98 valence electrons. The van der Waals surface area contributed by atoms with E-state index in [9.17, 15) is 14.9 Å². The van der Waals surface area contributed by atoms with Crippen molar-refractivity contribution in [3.05, 3.63) is 50.9 Å². The molecule has 0 fully saturated rings. The Morgan fingerprint density at radius 3 is 2.84 bits per heavy atom. The summed E-state index contributed by atoms with van der Waals surface area (Å²) in [7, 11) is 0. The molecular formula is C11H9N3O4S. The van der Waals surface area contributed by atoms with Crippen molar-refractivity contribution in [1.29, 1.82) is 0 Å². The van der Waals surface area contributed by atoms with Crippen LogP contribution in [-0.2, 0) is 11.3 Å². The van der Waals surface area contributed by atoms with Crippen LogP contribution in [0.25, 0.3) is 0 Å². The Morgan fingerprint density at radius 2 is 2.26 bits per heavy atom. The number of aryl methyl sites for hydroxylation is 1. The van der Waals surface area contributed by atoms with E-state index in [0.717, 1.165) is 11.3 Å². The average molecular weight is 279 g/mol. The summed E-state index contributed by atoms with van der Waals surface area (Å²) in [6.45, 7) is 1.73. The number of nitrogens with zero attached hydrogens (tertiary/aromatic N) is 3. The molecule has 0 unspecified atom stereocenters. The number of hydrogen-bond acceptors (Lipinski definition) is 7. The number of carbonyl (C=O) groups excluding carboxylic acids is 1. The van der Waals surface area contributed by atoms with E-state index < -0.39 is 10.9 Å². The molecule has 0 aliphatic heterocycles. The van der Waals surface area contributed by atoms with E-state index in [0.29, 0.717) is 11.3 Å². The maximum atomic E-state index is 11.6. The lowest BCUT2D eigenvalue weighted by molar-refractivity contribution is -0.380. The van der Waals surface area contributed by atoms with Gasteiger partial charge >= 0.3 is 11.0 Å². The second-order valence-corrected chi connectivity index (χ2v) is 4.56. The molecule has 0 atom stereocenters. The van der Waals surface area contributed by atoms with Crippen LogP contribution in [0.3, 0.4) is 0 Å². The fourth-order valence-corrected chi connectivity index (χ4v) is 1.97. The van der Waals surface area contributed by atoms with Gasteiger partial charge < -0.3 is 4.74 Å². The third kappa shape index (κ3) is 3.32. The van der Waals surface area contributed by atoms with Crippen molar-refractivity contribution in [2.75, 3.05) is 0 Å². The zero-order valence-corrected chi connectivity index (χ0v) is 10.7. The van der Waals surface area contributed by atoms with Crippen molar-refractivity contribution in [3.8, 4) is 0 Å². The van der Waals surface area contributed by atoms with Crippen LogP contribution in [0.4, 0.5) is 5.00 Å². The second kappa shape index (κ2) is 5.53. The lowest BCUT2D eigenvalue weighted by atomic mass is 10.3. The molecule has 0 aromatic carbocycles. The van der Waals surface area contributed by atoms with Crippen molar-refractivity contribution in [2.45, 2.75) is 13.5 Å². The number of hydrogen-bond donors (Lipinski definition) is 0. The molecule has 0 spiro atoms. The van der Waals surface area contributed by atoms with E-state index in [-0.39, 0.29) is 17.3 Å². The summed E-state index contributed by atoms with van der Waals surface area (Å²) >= 11 is 0.989. The molecule has 0 amide bonds. The molecular weight excluding hydrogens is 270 g/mol. The Labute approximate surface area is 112 Å². The van der Waals surface area contributed by atoms with Crippen molar-refractivity contribution >= 4 is 22.3 Å². The molecule has 2 heterocycles. The number of aromatic nitrogens is 2. The van der Waals surface area contributed by atoms with Crippen molar-refractivity contribution in [1.82, 2.24) is 9.97 Å². The summed E-state index contributed by atoms with van der Waals surface area (Å²) in [5, 5.41) is 12.1. The van der Waals surface area contributed by atoms with Gasteiger partial charge in [-0.15, -0.1) is 0 Å². The largest absolute Gasteiger partial charge is 0.456 e. The van der Waals surface area contributed by atoms with Crippen LogP contribution in [0, 0.1) is 17.0 Å². The molecule has 2 aromatic heterocycles. The first-order valence-corrected chi connectivity index (χ1v) is 6.12. The predicted molar refractivity (Wildman–Crippen MR) is 66.9 cm³/mol. The van der Waals surface area contributed by atoms with E-state index in [1.165, 1.54) is 18.5 Å². The van der Waals surface area contributed by atoms with Gasteiger partial charge in [-0.25, -0.2) is 9.78 Å². The molecule has 2 rings (SSSR count). The molecule has 0 bridgehead atoms. The van der Waals surface area contributed by atoms with Gasteiger partial charge in [0.05, 0.1) is 16.8 Å². The van der Waals surface area contributed by atoms with Crippen molar-refractivity contribution in [2.24, 2.45) is 0 Å². The van der Waals surface area contributed by atoms with Crippen molar-refractivity contribution < 1.29 is 14.5 Å². The molecule has 0 saturated carbocycles. The van der Waals surface area contributed by atoms with E-state index in [1.807, 2.05) is 0 Å². The number of carbonyl (C=O) groups is 1. The molecule has 0 aliphatic carbocycles. The highest BCUT2D eigenvalue weighted by atomic mass is 32.1. The lowest BCUT2D eigenvalue weighted by Crippen LogP contribution is -2.07. The van der Waals surface area contributed by atoms with Gasteiger partial charge in [-0.05, 0) is 6.92 Å². The Bertz CT molecular complexity index is 609. The molecule has 0 saturated heterocycles. The molecule has 2 aromatic rings. The summed E-state index contributed by atoms with van der Waals surface area (Å²) in [5.74, 6) is -0.610. The molecule has 0 aliphatic rings. The zero-order chi connectivity index (χ0) is 13.8. The minimum Gasteiger partial charge on any atom is -0.456 e. The van der Waals surface area contributed by atoms with E-state index in [1.54, 1.807) is 12.3 Å². The Balaban J connectivity index is 1.96. The molecule has 0 radical (unpaired) electrons. The second-order valence-electron chi connectivity index (χ2n) is 3.67. The first-order chi connectivity index (χ1) is 9.06. The Hall–Kier alpha value is -2.35. The van der Waals surface area contributed by atoms with E-state index in [4.69, 9.17) is 4.74 Å². The maximum absolute atomic E-state index is 11.6. The third-order valence-electron chi connectivity index (χ3n) is 2.18. The summed E-state index contributed by atoms with van der Waals surface area (Å²) < 4.78 is 4.99. The van der Waals surface area contributed by atoms with Gasteiger partial charge in [0.1, 0.15) is 6.61 Å². The Morgan fingerprint density at radius 1 is 1.47 bits per heavy atom. The zero-order valence-electron chi connectivity index (χ0n) is 9.90. The van der Waals surface area contributed by atoms with Crippen LogP contribution in [0.2, 0.25) is 0 Å². The quantitative estimate of drug-likeness (QED) is 0.483. The maximum Gasteiger partial charge on any atom is 0.358 e. The monoisotopic (exact) mass is 279 g/mol. The standard InChI is InChI=1S/C11H9N3O4S/c1-7-3-13-9(4-12-7)11(15)18-5-8-2-10(14(16)17)19-6-8/h2-4,6H,5H2,1H3. The highest BCUT2D eigenvalue weighted by molar-refractivity contribution is 7.13. The predicted octanol–water partition coefficient (Wildman–Crippen LogP) is 2.11. The van der Waals surface area contributed by atoms with Gasteiger partial charge in [0.2, 0.25) is 0 Å². The topological polar surface area (TPSA) is 95.2 Å². The molecule has 7 nitrogen and oxygen atoms in total. The van der Waals surface area contributed by atoms with Gasteiger partial charge in [0.15, 0.2) is 5.69 Å². The van der Waals surface area contributed by atoms with Gasteiger partial charge in [-0.1, -0.05) is 11.3 Å². The SMILES string of the molecule is Cc1cnc(C(=O)OCc2csc([N+](=O)[O-])c2)cn1. The first kappa shape index (κ1) is 13.1. The van der Waals surface area contributed by atoms with Gasteiger partial charge in [0.25, 0.3) is 0 Å². The summed E-state index contributed by atoms with van der Waals surface area (Å²) in [6.07, 6.45) is 2.79. The minimum absolute atomic E-state index is 0.0150.